The number of nitrogens with one attached hydrogen (secondary N) is 1. The number of carbonyl (C=O) groups is 1. The van der Waals surface area contributed by atoms with Gasteiger partial charge in [-0.1, -0.05) is 31.9 Å². The minimum absolute atomic E-state index is 0.0698. The lowest BCUT2D eigenvalue weighted by atomic mass is 10.2. The molecule has 1 unspecified atom stereocenters. The number of nitrogens with zero attached hydrogens (tertiary/aromatic N) is 2. The largest absolute Gasteiger partial charge is 0.375 e. The average Bonchev–Trinajstić information content (AvgIpc) is 2.87. The summed E-state index contributed by atoms with van der Waals surface area (Å²) in [5.74, 6) is 0.781. The van der Waals surface area contributed by atoms with Crippen LogP contribution in [0.15, 0.2) is 24.3 Å². The first-order chi connectivity index (χ1) is 10.7. The third-order valence-corrected chi connectivity index (χ3v) is 3.71. The fourth-order valence-electron chi connectivity index (χ4n) is 2.66. The number of ether oxygens (including phenoxy) is 1. The number of fused-ring (bicyclic) bond motifs is 1. The summed E-state index contributed by atoms with van der Waals surface area (Å²) < 4.78 is 7.09. The maximum Gasteiger partial charge on any atom is 0.246 e. The Labute approximate surface area is 131 Å². The lowest BCUT2D eigenvalue weighted by Crippen LogP contribution is -2.31. The summed E-state index contributed by atoms with van der Waals surface area (Å²) in [6, 6.07) is 7.97. The summed E-state index contributed by atoms with van der Waals surface area (Å²) in [6.45, 7) is 5.15. The number of rotatable bonds is 8. The van der Waals surface area contributed by atoms with Crippen LogP contribution in [0, 0.1) is 0 Å². The molecule has 120 valence electrons. The highest BCUT2D eigenvalue weighted by Gasteiger charge is 2.17. The Kier molecular flexibility index (Phi) is 5.95. The summed E-state index contributed by atoms with van der Waals surface area (Å²) in [7, 11) is 1.52. The zero-order valence-corrected chi connectivity index (χ0v) is 13.6. The van der Waals surface area contributed by atoms with E-state index in [0.29, 0.717) is 0 Å². The molecule has 1 aromatic heterocycles. The smallest absolute Gasteiger partial charge is 0.246 e. The molecule has 1 atom stereocenters. The predicted octanol–water partition coefficient (Wildman–Crippen LogP) is 3.05. The van der Waals surface area contributed by atoms with Crippen LogP contribution in [0.25, 0.3) is 11.0 Å². The van der Waals surface area contributed by atoms with Crippen LogP contribution in [0.3, 0.4) is 0 Å². The molecule has 0 saturated carbocycles. The molecule has 1 N–H and O–H groups in total. The van der Waals surface area contributed by atoms with Crippen LogP contribution in [-0.4, -0.2) is 29.2 Å². The van der Waals surface area contributed by atoms with Crippen molar-refractivity contribution < 1.29 is 9.53 Å². The minimum atomic E-state index is -0.142. The molecule has 22 heavy (non-hydrogen) atoms. The van der Waals surface area contributed by atoms with Gasteiger partial charge in [0.15, 0.2) is 0 Å². The number of aromatic nitrogens is 2. The van der Waals surface area contributed by atoms with Gasteiger partial charge in [0.1, 0.15) is 12.4 Å². The molecule has 0 aliphatic heterocycles. The Bertz CT molecular complexity index is 621. The van der Waals surface area contributed by atoms with Gasteiger partial charge in [0.25, 0.3) is 0 Å². The van der Waals surface area contributed by atoms with Gasteiger partial charge in [0.05, 0.1) is 17.1 Å². The first-order valence-corrected chi connectivity index (χ1v) is 7.90. The third-order valence-electron chi connectivity index (χ3n) is 3.71. The van der Waals surface area contributed by atoms with E-state index in [9.17, 15) is 4.79 Å². The van der Waals surface area contributed by atoms with E-state index in [2.05, 4.69) is 22.9 Å². The van der Waals surface area contributed by atoms with Crippen LogP contribution in [0.5, 0.6) is 0 Å². The van der Waals surface area contributed by atoms with E-state index >= 15 is 0 Å². The second-order valence-electron chi connectivity index (χ2n) is 5.54. The number of hydrogen-bond donors (Lipinski definition) is 1. The van der Waals surface area contributed by atoms with E-state index in [-0.39, 0.29) is 18.6 Å². The van der Waals surface area contributed by atoms with Gasteiger partial charge < -0.3 is 14.6 Å². The molecule has 0 aliphatic rings. The topological polar surface area (TPSA) is 56.2 Å². The minimum Gasteiger partial charge on any atom is -0.375 e. The van der Waals surface area contributed by atoms with Crippen molar-refractivity contribution in [2.45, 2.75) is 45.7 Å². The van der Waals surface area contributed by atoms with Crippen molar-refractivity contribution in [3.63, 3.8) is 0 Å². The number of amides is 1. The van der Waals surface area contributed by atoms with Gasteiger partial charge in [-0.2, -0.15) is 0 Å². The van der Waals surface area contributed by atoms with Crippen molar-refractivity contribution >= 4 is 16.9 Å². The van der Waals surface area contributed by atoms with E-state index < -0.39 is 0 Å². The lowest BCUT2D eigenvalue weighted by molar-refractivity contribution is -0.125. The van der Waals surface area contributed by atoms with Crippen LogP contribution in [0.4, 0.5) is 0 Å². The summed E-state index contributed by atoms with van der Waals surface area (Å²) in [6.07, 6.45) is 3.49. The molecule has 1 amide bonds. The highest BCUT2D eigenvalue weighted by atomic mass is 16.5. The predicted molar refractivity (Wildman–Crippen MR) is 87.7 cm³/mol. The first kappa shape index (κ1) is 16.5. The van der Waals surface area contributed by atoms with Gasteiger partial charge in [-0.25, -0.2) is 4.98 Å². The number of hydrogen-bond acceptors (Lipinski definition) is 3. The molecular weight excluding hydrogens is 278 g/mol. The molecule has 0 fully saturated rings. The number of imidazole rings is 1. The molecule has 5 nitrogen and oxygen atoms in total. The number of benzene rings is 1. The van der Waals surface area contributed by atoms with Crippen molar-refractivity contribution in [3.05, 3.63) is 30.1 Å². The summed E-state index contributed by atoms with van der Waals surface area (Å²) in [4.78, 5) is 16.5. The Morgan fingerprint density at radius 3 is 2.86 bits per heavy atom. The van der Waals surface area contributed by atoms with Crippen molar-refractivity contribution in [2.75, 3.05) is 13.7 Å². The maximum atomic E-state index is 11.7. The molecule has 2 aromatic rings. The molecule has 0 radical (unpaired) electrons. The Hall–Kier alpha value is -1.88. The van der Waals surface area contributed by atoms with E-state index in [1.165, 1.54) is 20.0 Å². The first-order valence-electron chi connectivity index (χ1n) is 7.90. The zero-order chi connectivity index (χ0) is 15.9. The van der Waals surface area contributed by atoms with E-state index in [1.807, 2.05) is 25.1 Å². The van der Waals surface area contributed by atoms with Crippen molar-refractivity contribution in [3.8, 4) is 0 Å². The number of methoxy groups -OCH3 is 1. The van der Waals surface area contributed by atoms with Crippen molar-refractivity contribution in [1.82, 2.24) is 14.9 Å². The molecule has 0 bridgehead atoms. The molecule has 0 aliphatic carbocycles. The van der Waals surface area contributed by atoms with Crippen LogP contribution >= 0.6 is 0 Å². The van der Waals surface area contributed by atoms with Crippen LogP contribution in [0.2, 0.25) is 0 Å². The molecule has 0 saturated heterocycles. The summed E-state index contributed by atoms with van der Waals surface area (Å²) >= 11 is 0. The molecule has 1 heterocycles. The highest BCUT2D eigenvalue weighted by molar-refractivity contribution is 5.78. The number of carbonyl (C=O) groups excluding carboxylic acids is 1. The Morgan fingerprint density at radius 2 is 2.14 bits per heavy atom. The third kappa shape index (κ3) is 3.85. The Morgan fingerprint density at radius 1 is 1.36 bits per heavy atom. The number of para-hydroxylation sites is 2. The van der Waals surface area contributed by atoms with Gasteiger partial charge in [-0.3, -0.25) is 4.79 Å². The maximum absolute atomic E-state index is 11.7. The van der Waals surface area contributed by atoms with Gasteiger partial charge in [-0.15, -0.1) is 0 Å². The molecular formula is C17H25N3O2. The quantitative estimate of drug-likeness (QED) is 0.763. The van der Waals surface area contributed by atoms with Crippen LogP contribution in [0.1, 0.15) is 45.0 Å². The fourth-order valence-corrected chi connectivity index (χ4v) is 2.66. The van der Waals surface area contributed by atoms with Crippen molar-refractivity contribution in [2.24, 2.45) is 0 Å². The average molecular weight is 303 g/mol. The SMILES string of the molecule is CCCCCn1c(C(C)NC(=O)COC)nc2ccccc21. The molecule has 2 rings (SSSR count). The zero-order valence-electron chi connectivity index (χ0n) is 13.6. The molecule has 5 heteroatoms. The van der Waals surface area contributed by atoms with E-state index in [4.69, 9.17) is 9.72 Å². The molecule has 0 spiro atoms. The monoisotopic (exact) mass is 303 g/mol. The summed E-state index contributed by atoms with van der Waals surface area (Å²) in [5, 5.41) is 2.94. The second-order valence-corrected chi connectivity index (χ2v) is 5.54. The van der Waals surface area contributed by atoms with Gasteiger partial charge in [0, 0.05) is 13.7 Å². The van der Waals surface area contributed by atoms with Gasteiger partial charge >= 0.3 is 0 Å². The van der Waals surface area contributed by atoms with Gasteiger partial charge in [-0.05, 0) is 25.5 Å². The van der Waals surface area contributed by atoms with Crippen LogP contribution in [-0.2, 0) is 16.1 Å². The van der Waals surface area contributed by atoms with Crippen molar-refractivity contribution in [1.29, 1.82) is 0 Å². The summed E-state index contributed by atoms with van der Waals surface area (Å²) in [5.41, 5.74) is 2.10. The second kappa shape index (κ2) is 7.94. The standard InChI is InChI=1S/C17H25N3O2/c1-4-5-8-11-20-15-10-7-6-9-14(15)19-17(20)13(2)18-16(21)12-22-3/h6-7,9-10,13H,4-5,8,11-12H2,1-3H3,(H,18,21). The lowest BCUT2D eigenvalue weighted by Gasteiger charge is -2.16. The van der Waals surface area contributed by atoms with Gasteiger partial charge in [0.2, 0.25) is 5.91 Å². The number of unbranched alkanes of at least 4 members (excludes halogenated alkanes) is 2. The number of aryl methyl sites for hydroxylation is 1. The van der Waals surface area contributed by atoms with E-state index in [1.54, 1.807) is 0 Å². The Balaban J connectivity index is 2.26. The molecule has 1 aromatic carbocycles. The normalized spacial score (nSPS) is 12.5. The van der Waals surface area contributed by atoms with E-state index in [0.717, 1.165) is 29.8 Å². The fraction of sp³-hybridized carbons (Fsp3) is 0.529. The highest BCUT2D eigenvalue weighted by Crippen LogP contribution is 2.21. The van der Waals surface area contributed by atoms with Crippen LogP contribution < -0.4 is 5.32 Å².